The van der Waals surface area contributed by atoms with Crippen LogP contribution in [0.15, 0.2) is 18.2 Å². The second-order valence-corrected chi connectivity index (χ2v) is 3.30. The van der Waals surface area contributed by atoms with Gasteiger partial charge >= 0.3 is 0 Å². The predicted molar refractivity (Wildman–Crippen MR) is 55.0 cm³/mol. The monoisotopic (exact) mass is 177 g/mol. The lowest BCUT2D eigenvalue weighted by molar-refractivity contribution is -0.116. The molecule has 0 unspecified atom stereocenters. The maximum Gasteiger partial charge on any atom is 0.223 e. The number of aryl methyl sites for hydroxylation is 1. The quantitative estimate of drug-likeness (QED) is 0.644. The minimum atomic E-state index is 0.0636. The van der Waals surface area contributed by atoms with E-state index in [2.05, 4.69) is 0 Å². The molecule has 0 atom stereocenters. The van der Waals surface area contributed by atoms with E-state index in [1.54, 1.807) is 18.9 Å². The maximum atomic E-state index is 11.1. The first-order valence-electron chi connectivity index (χ1n) is 4.34. The van der Waals surface area contributed by atoms with Gasteiger partial charge in [0.05, 0.1) is 0 Å². The van der Waals surface area contributed by atoms with E-state index in [9.17, 15) is 4.79 Å². The van der Waals surface area contributed by atoms with Crippen molar-refractivity contribution in [2.24, 2.45) is 0 Å². The molecule has 0 radical (unpaired) electrons. The lowest BCUT2D eigenvalue weighted by Crippen LogP contribution is -2.23. The number of carbonyl (C=O) groups excluding carboxylic acids is 1. The Balaban J connectivity index is 3.15. The van der Waals surface area contributed by atoms with Crippen molar-refractivity contribution in [2.45, 2.75) is 20.8 Å². The second kappa shape index (κ2) is 3.60. The fraction of sp³-hybridized carbons (Fsp3) is 0.364. The number of hydrogen-bond acceptors (Lipinski definition) is 1. The van der Waals surface area contributed by atoms with Crippen molar-refractivity contribution >= 4 is 11.6 Å². The first-order valence-corrected chi connectivity index (χ1v) is 4.34. The zero-order valence-corrected chi connectivity index (χ0v) is 8.59. The zero-order valence-electron chi connectivity index (χ0n) is 8.59. The Labute approximate surface area is 79.2 Å². The molecule has 0 aromatic heterocycles. The minimum absolute atomic E-state index is 0.0636. The van der Waals surface area contributed by atoms with Gasteiger partial charge in [-0.1, -0.05) is 12.1 Å². The van der Waals surface area contributed by atoms with Gasteiger partial charge in [0.1, 0.15) is 0 Å². The summed E-state index contributed by atoms with van der Waals surface area (Å²) in [6, 6.07) is 5.98. The predicted octanol–water partition coefficient (Wildman–Crippen LogP) is 2.29. The molecule has 0 N–H and O–H groups in total. The number of benzene rings is 1. The molecule has 0 aliphatic carbocycles. The molecule has 0 saturated carbocycles. The molecule has 0 aliphatic heterocycles. The van der Waals surface area contributed by atoms with E-state index in [-0.39, 0.29) is 5.91 Å². The molecular weight excluding hydrogens is 162 g/mol. The molecule has 0 aliphatic rings. The largest absolute Gasteiger partial charge is 0.315 e. The Morgan fingerprint density at radius 2 is 1.92 bits per heavy atom. The van der Waals surface area contributed by atoms with Crippen LogP contribution in [0.2, 0.25) is 0 Å². The van der Waals surface area contributed by atoms with Crippen LogP contribution in [0.5, 0.6) is 0 Å². The van der Waals surface area contributed by atoms with Crippen molar-refractivity contribution in [1.29, 1.82) is 0 Å². The molecule has 70 valence electrons. The molecule has 13 heavy (non-hydrogen) atoms. The van der Waals surface area contributed by atoms with Gasteiger partial charge in [0, 0.05) is 19.7 Å². The summed E-state index contributed by atoms with van der Waals surface area (Å²) in [5.41, 5.74) is 3.37. The summed E-state index contributed by atoms with van der Waals surface area (Å²) >= 11 is 0. The number of amides is 1. The molecule has 1 amide bonds. The fourth-order valence-electron chi connectivity index (χ4n) is 1.27. The van der Waals surface area contributed by atoms with Crippen LogP contribution in [-0.2, 0) is 4.79 Å². The zero-order chi connectivity index (χ0) is 10.0. The SMILES string of the molecule is CC(=O)N(C)c1cccc(C)c1C. The minimum Gasteiger partial charge on any atom is -0.315 e. The van der Waals surface area contributed by atoms with Gasteiger partial charge in [-0.2, -0.15) is 0 Å². The molecule has 0 bridgehead atoms. The standard InChI is InChI=1S/C11H15NO/c1-8-6-5-7-11(9(8)2)12(4)10(3)13/h5-7H,1-4H3. The average Bonchev–Trinajstić information content (AvgIpc) is 2.08. The van der Waals surface area contributed by atoms with Crippen LogP contribution in [0.4, 0.5) is 5.69 Å². The molecule has 1 aromatic rings. The van der Waals surface area contributed by atoms with Gasteiger partial charge in [-0.3, -0.25) is 4.79 Å². The van der Waals surface area contributed by atoms with Crippen LogP contribution < -0.4 is 4.90 Å². The van der Waals surface area contributed by atoms with Crippen molar-refractivity contribution < 1.29 is 4.79 Å². The Hall–Kier alpha value is -1.31. The summed E-state index contributed by atoms with van der Waals surface area (Å²) in [4.78, 5) is 12.8. The van der Waals surface area contributed by atoms with Crippen molar-refractivity contribution in [3.63, 3.8) is 0 Å². The lowest BCUT2D eigenvalue weighted by atomic mass is 10.1. The number of hydrogen-bond donors (Lipinski definition) is 0. The molecule has 1 rings (SSSR count). The molecule has 0 saturated heterocycles. The highest BCUT2D eigenvalue weighted by atomic mass is 16.2. The molecular formula is C11H15NO. The number of anilines is 1. The van der Waals surface area contributed by atoms with E-state index in [0.717, 1.165) is 5.69 Å². The van der Waals surface area contributed by atoms with Gasteiger partial charge < -0.3 is 4.90 Å². The van der Waals surface area contributed by atoms with Crippen LogP contribution in [0, 0.1) is 13.8 Å². The van der Waals surface area contributed by atoms with Gasteiger partial charge in [0.2, 0.25) is 5.91 Å². The van der Waals surface area contributed by atoms with Crippen LogP contribution in [-0.4, -0.2) is 13.0 Å². The Morgan fingerprint density at radius 1 is 1.31 bits per heavy atom. The Bertz CT molecular complexity index is 331. The summed E-state index contributed by atoms with van der Waals surface area (Å²) in [7, 11) is 1.80. The summed E-state index contributed by atoms with van der Waals surface area (Å²) in [6.07, 6.45) is 0. The summed E-state index contributed by atoms with van der Waals surface area (Å²) in [5, 5.41) is 0. The smallest absolute Gasteiger partial charge is 0.223 e. The Morgan fingerprint density at radius 3 is 2.46 bits per heavy atom. The highest BCUT2D eigenvalue weighted by Gasteiger charge is 2.08. The third-order valence-corrected chi connectivity index (χ3v) is 2.41. The van der Waals surface area contributed by atoms with Crippen molar-refractivity contribution in [3.8, 4) is 0 Å². The molecule has 0 fully saturated rings. The van der Waals surface area contributed by atoms with Crippen LogP contribution >= 0.6 is 0 Å². The molecule has 2 nitrogen and oxygen atoms in total. The first kappa shape index (κ1) is 9.78. The second-order valence-electron chi connectivity index (χ2n) is 3.30. The number of carbonyl (C=O) groups is 1. The van der Waals surface area contributed by atoms with E-state index in [0.29, 0.717) is 0 Å². The third-order valence-electron chi connectivity index (χ3n) is 2.41. The van der Waals surface area contributed by atoms with Crippen LogP contribution in [0.3, 0.4) is 0 Å². The van der Waals surface area contributed by atoms with E-state index >= 15 is 0 Å². The Kier molecular flexibility index (Phi) is 2.71. The summed E-state index contributed by atoms with van der Waals surface area (Å²) in [5.74, 6) is 0.0636. The molecule has 0 heterocycles. The van der Waals surface area contributed by atoms with E-state index in [4.69, 9.17) is 0 Å². The first-order chi connectivity index (χ1) is 6.04. The van der Waals surface area contributed by atoms with E-state index in [1.165, 1.54) is 11.1 Å². The average molecular weight is 177 g/mol. The highest BCUT2D eigenvalue weighted by Crippen LogP contribution is 2.21. The normalized spacial score (nSPS) is 9.85. The lowest BCUT2D eigenvalue weighted by Gasteiger charge is -2.18. The van der Waals surface area contributed by atoms with E-state index in [1.807, 2.05) is 32.0 Å². The fourth-order valence-corrected chi connectivity index (χ4v) is 1.27. The maximum absolute atomic E-state index is 11.1. The molecule has 0 spiro atoms. The number of nitrogens with zero attached hydrogens (tertiary/aromatic N) is 1. The van der Waals surface area contributed by atoms with Crippen molar-refractivity contribution in [3.05, 3.63) is 29.3 Å². The number of rotatable bonds is 1. The summed E-state index contributed by atoms with van der Waals surface area (Å²) < 4.78 is 0. The van der Waals surface area contributed by atoms with Crippen molar-refractivity contribution in [1.82, 2.24) is 0 Å². The van der Waals surface area contributed by atoms with Gasteiger partial charge in [-0.05, 0) is 31.0 Å². The van der Waals surface area contributed by atoms with Crippen LogP contribution in [0.1, 0.15) is 18.1 Å². The van der Waals surface area contributed by atoms with Gasteiger partial charge in [-0.15, -0.1) is 0 Å². The van der Waals surface area contributed by atoms with Crippen molar-refractivity contribution in [2.75, 3.05) is 11.9 Å². The van der Waals surface area contributed by atoms with Gasteiger partial charge in [-0.25, -0.2) is 0 Å². The summed E-state index contributed by atoms with van der Waals surface area (Å²) in [6.45, 7) is 5.65. The van der Waals surface area contributed by atoms with Gasteiger partial charge in [0.15, 0.2) is 0 Å². The van der Waals surface area contributed by atoms with E-state index < -0.39 is 0 Å². The topological polar surface area (TPSA) is 20.3 Å². The van der Waals surface area contributed by atoms with Gasteiger partial charge in [0.25, 0.3) is 0 Å². The third kappa shape index (κ3) is 1.89. The molecule has 1 aromatic carbocycles. The molecule has 2 heteroatoms. The highest BCUT2D eigenvalue weighted by molar-refractivity contribution is 5.91. The van der Waals surface area contributed by atoms with Crippen LogP contribution in [0.25, 0.3) is 0 Å².